The average Bonchev–Trinajstić information content (AvgIpc) is 2.39. The van der Waals surface area contributed by atoms with Crippen molar-refractivity contribution in [1.29, 1.82) is 0 Å². The summed E-state index contributed by atoms with van der Waals surface area (Å²) in [4.78, 5) is 27.7. The molecule has 2 N–H and O–H groups in total. The smallest absolute Gasteiger partial charge is 0.321 e. The van der Waals surface area contributed by atoms with Gasteiger partial charge in [-0.25, -0.2) is 0 Å². The first-order valence-corrected chi connectivity index (χ1v) is 7.60. The number of nitrogens with zero attached hydrogens (tertiary/aromatic N) is 1. The molecule has 2 atom stereocenters. The molecule has 0 aromatic heterocycles. The Labute approximate surface area is 137 Å². The van der Waals surface area contributed by atoms with Crippen LogP contribution in [0.15, 0.2) is 28.5 Å². The maximum atomic E-state index is 12.6. The van der Waals surface area contributed by atoms with Crippen LogP contribution in [0.4, 0.5) is 0 Å². The van der Waals surface area contributed by atoms with Crippen molar-refractivity contribution in [2.45, 2.75) is 51.3 Å². The molecule has 0 radical (unpaired) electrons. The van der Waals surface area contributed by atoms with Crippen molar-refractivity contribution >= 4 is 30.6 Å². The van der Waals surface area contributed by atoms with Gasteiger partial charge in [-0.3, -0.25) is 9.59 Å². The van der Waals surface area contributed by atoms with Crippen molar-refractivity contribution in [3.05, 3.63) is 23.3 Å². The first kappa shape index (κ1) is 18.6. The van der Waals surface area contributed by atoms with E-state index in [2.05, 4.69) is 35.6 Å². The summed E-state index contributed by atoms with van der Waals surface area (Å²) >= 11 is 4.30. The molecule has 0 aromatic carbocycles. The molecule has 0 saturated carbocycles. The van der Waals surface area contributed by atoms with Gasteiger partial charge in [-0.05, 0) is 45.6 Å². The molecule has 0 fully saturated rings. The molecular weight excluding hydrogens is 300 g/mol. The molecule has 1 aliphatic rings. The van der Waals surface area contributed by atoms with Gasteiger partial charge in [0, 0.05) is 5.57 Å². The van der Waals surface area contributed by atoms with E-state index >= 15 is 0 Å². The molecule has 0 heterocycles. The third-order valence-electron chi connectivity index (χ3n) is 3.61. The second-order valence-corrected chi connectivity index (χ2v) is 7.53. The van der Waals surface area contributed by atoms with Crippen molar-refractivity contribution in [2.75, 3.05) is 0 Å². The van der Waals surface area contributed by atoms with E-state index in [1.54, 1.807) is 20.8 Å². The van der Waals surface area contributed by atoms with E-state index in [1.165, 1.54) is 0 Å². The van der Waals surface area contributed by atoms with Crippen LogP contribution < -0.4 is 5.73 Å². The number of hydrogen-bond acceptors (Lipinski definition) is 6. The van der Waals surface area contributed by atoms with Crippen LogP contribution >= 0.6 is 12.6 Å². The minimum Gasteiger partial charge on any atom is -0.321 e. The van der Waals surface area contributed by atoms with Crippen LogP contribution in [0.1, 0.15) is 41.0 Å². The fraction of sp³-hybridized carbons (Fsp3) is 0.562. The van der Waals surface area contributed by atoms with Crippen molar-refractivity contribution in [3.8, 4) is 0 Å². The monoisotopic (exact) mass is 324 g/mol. The highest BCUT2D eigenvalue weighted by atomic mass is 32.1. The van der Waals surface area contributed by atoms with E-state index in [1.807, 2.05) is 13.0 Å². The van der Waals surface area contributed by atoms with Gasteiger partial charge in [-0.1, -0.05) is 24.2 Å². The second-order valence-electron chi connectivity index (χ2n) is 6.41. The van der Waals surface area contributed by atoms with Crippen molar-refractivity contribution in [3.63, 3.8) is 0 Å². The molecule has 0 aliphatic heterocycles. The quantitative estimate of drug-likeness (QED) is 0.258. The summed E-state index contributed by atoms with van der Waals surface area (Å²) in [6, 6.07) is 0. The summed E-state index contributed by atoms with van der Waals surface area (Å²) in [7, 11) is 0. The molecule has 6 heteroatoms. The summed E-state index contributed by atoms with van der Waals surface area (Å²) in [5.41, 5.74) is 6.77. The second kappa shape index (κ2) is 6.79. The number of nitrogens with two attached hydrogens (primary N) is 1. The predicted octanol–water partition coefficient (Wildman–Crippen LogP) is 2.42. The van der Waals surface area contributed by atoms with Gasteiger partial charge in [0.15, 0.2) is 5.78 Å². The van der Waals surface area contributed by atoms with Gasteiger partial charge in [-0.15, -0.1) is 0 Å². The number of oxime groups is 1. The van der Waals surface area contributed by atoms with E-state index in [9.17, 15) is 9.59 Å². The van der Waals surface area contributed by atoms with Crippen molar-refractivity contribution in [1.82, 2.24) is 0 Å². The lowest BCUT2D eigenvalue weighted by Crippen LogP contribution is -2.58. The third kappa shape index (κ3) is 4.08. The van der Waals surface area contributed by atoms with Gasteiger partial charge < -0.3 is 10.6 Å². The first-order valence-electron chi connectivity index (χ1n) is 7.15. The van der Waals surface area contributed by atoms with E-state index in [-0.39, 0.29) is 18.0 Å². The minimum atomic E-state index is -1.42. The normalized spacial score (nSPS) is 22.3. The van der Waals surface area contributed by atoms with Crippen molar-refractivity contribution < 1.29 is 14.4 Å². The minimum absolute atomic E-state index is 0.206. The molecule has 1 rings (SSSR count). The highest BCUT2D eigenvalue weighted by Crippen LogP contribution is 2.30. The summed E-state index contributed by atoms with van der Waals surface area (Å²) in [6.45, 7) is 9.12. The zero-order valence-corrected chi connectivity index (χ0v) is 14.6. The number of hydrogen-bond donors (Lipinski definition) is 2. The van der Waals surface area contributed by atoms with Gasteiger partial charge >= 0.3 is 6.47 Å². The first-order chi connectivity index (χ1) is 10.0. The Hall–Kier alpha value is -1.40. The lowest BCUT2D eigenvalue weighted by Gasteiger charge is -2.32. The Kier molecular flexibility index (Phi) is 5.76. The van der Waals surface area contributed by atoms with Crippen LogP contribution in [0.2, 0.25) is 0 Å². The Morgan fingerprint density at radius 3 is 2.55 bits per heavy atom. The van der Waals surface area contributed by atoms with Crippen LogP contribution in [0.25, 0.3) is 0 Å². The number of ketones is 1. The molecule has 122 valence electrons. The Morgan fingerprint density at radius 2 is 2.09 bits per heavy atom. The predicted molar refractivity (Wildman–Crippen MR) is 90.9 cm³/mol. The Bertz CT molecular complexity index is 554. The van der Waals surface area contributed by atoms with Crippen LogP contribution in [0, 0.1) is 5.92 Å². The number of carbonyl (C=O) groups is 2. The fourth-order valence-corrected chi connectivity index (χ4v) is 2.81. The largest absolute Gasteiger partial charge is 0.323 e. The highest BCUT2D eigenvalue weighted by Gasteiger charge is 2.43. The molecule has 0 bridgehead atoms. The van der Waals surface area contributed by atoms with Gasteiger partial charge in [0.1, 0.15) is 11.3 Å². The molecule has 22 heavy (non-hydrogen) atoms. The van der Waals surface area contributed by atoms with E-state index in [0.717, 1.165) is 17.6 Å². The highest BCUT2D eigenvalue weighted by molar-refractivity contribution is 7.82. The van der Waals surface area contributed by atoms with Crippen LogP contribution in [-0.4, -0.2) is 28.3 Å². The Morgan fingerprint density at radius 1 is 1.50 bits per heavy atom. The molecule has 0 saturated heterocycles. The zero-order chi connectivity index (χ0) is 17.1. The van der Waals surface area contributed by atoms with Gasteiger partial charge in [0.25, 0.3) is 0 Å². The van der Waals surface area contributed by atoms with Gasteiger partial charge in [0.05, 0.1) is 4.75 Å². The molecule has 0 aromatic rings. The Balaban J connectivity index is 3.34. The zero-order valence-electron chi connectivity index (χ0n) is 13.7. The van der Waals surface area contributed by atoms with E-state index in [4.69, 9.17) is 5.73 Å². The SMILES string of the molecule is CC1=CC(C)CC=C1/C(=N/OC=O)C(C)(N)C(=O)C(C)(C)S. The molecule has 2 unspecified atom stereocenters. The van der Waals surface area contributed by atoms with Crippen molar-refractivity contribution in [2.24, 2.45) is 16.8 Å². The van der Waals surface area contributed by atoms with Crippen LogP contribution in [-0.2, 0) is 14.4 Å². The summed E-state index contributed by atoms with van der Waals surface area (Å²) < 4.78 is -0.939. The number of allylic oxidation sites excluding steroid dienone is 3. The topological polar surface area (TPSA) is 81.8 Å². The average molecular weight is 324 g/mol. The van der Waals surface area contributed by atoms with Gasteiger partial charge in [-0.2, -0.15) is 12.6 Å². The lowest BCUT2D eigenvalue weighted by molar-refractivity contribution is -0.129. The van der Waals surface area contributed by atoms with E-state index in [0.29, 0.717) is 5.92 Å². The number of Topliss-reactive ketones (excluding diaryl/α,β-unsaturated/α-hetero) is 1. The summed E-state index contributed by atoms with van der Waals surface area (Å²) in [5.74, 6) is 0.0990. The maximum Gasteiger partial charge on any atom is 0.323 e. The summed E-state index contributed by atoms with van der Waals surface area (Å²) in [5, 5.41) is 3.81. The van der Waals surface area contributed by atoms with E-state index < -0.39 is 10.3 Å². The number of carbonyl (C=O) groups excluding carboxylic acids is 2. The van der Waals surface area contributed by atoms with Crippen LogP contribution in [0.5, 0.6) is 0 Å². The maximum absolute atomic E-state index is 12.6. The lowest BCUT2D eigenvalue weighted by atomic mass is 9.78. The molecular formula is C16H24N2O3S. The number of thiol groups is 1. The summed E-state index contributed by atoms with van der Waals surface area (Å²) in [6.07, 6.45) is 4.86. The fourth-order valence-electron chi connectivity index (χ4n) is 2.57. The molecule has 0 spiro atoms. The van der Waals surface area contributed by atoms with Gasteiger partial charge in [0.2, 0.25) is 0 Å². The molecule has 1 aliphatic carbocycles. The standard InChI is InChI=1S/C16H24N2O3S/c1-10-6-7-12(11(2)8-10)13(18-21-9-19)16(5,17)14(20)15(3,4)22/h7-10,22H,6,17H2,1-5H3/b18-13-. The number of rotatable bonds is 6. The molecule has 5 nitrogen and oxygen atoms in total. The van der Waals surface area contributed by atoms with Crippen LogP contribution in [0.3, 0.4) is 0 Å². The molecule has 0 amide bonds. The third-order valence-corrected chi connectivity index (χ3v) is 3.82.